The molecule has 20 heavy (non-hydrogen) atoms. The summed E-state index contributed by atoms with van der Waals surface area (Å²) >= 11 is 3.36. The van der Waals surface area contributed by atoms with Crippen LogP contribution in [0.2, 0.25) is 0 Å². The van der Waals surface area contributed by atoms with Gasteiger partial charge >= 0.3 is 0 Å². The summed E-state index contributed by atoms with van der Waals surface area (Å²) in [6.07, 6.45) is 4.40. The van der Waals surface area contributed by atoms with Crippen molar-refractivity contribution in [2.24, 2.45) is 0 Å². The maximum absolute atomic E-state index is 13.7. The Balaban J connectivity index is 2.13. The Labute approximate surface area is 125 Å². The van der Waals surface area contributed by atoms with E-state index in [9.17, 15) is 8.78 Å². The highest BCUT2D eigenvalue weighted by Gasteiger charge is 2.15. The van der Waals surface area contributed by atoms with E-state index in [1.165, 1.54) is 18.2 Å². The van der Waals surface area contributed by atoms with Gasteiger partial charge in [0.15, 0.2) is 0 Å². The number of nitrogens with zero attached hydrogens (tertiary/aromatic N) is 1. The van der Waals surface area contributed by atoms with Gasteiger partial charge in [0.05, 0.1) is 0 Å². The lowest BCUT2D eigenvalue weighted by Gasteiger charge is -2.17. The van der Waals surface area contributed by atoms with Gasteiger partial charge in [0, 0.05) is 28.5 Å². The molecule has 106 valence electrons. The zero-order valence-corrected chi connectivity index (χ0v) is 12.6. The third-order valence-electron chi connectivity index (χ3n) is 3.16. The van der Waals surface area contributed by atoms with Crippen molar-refractivity contribution < 1.29 is 8.78 Å². The number of aromatic nitrogens is 1. The zero-order chi connectivity index (χ0) is 14.5. The molecule has 0 amide bonds. The van der Waals surface area contributed by atoms with E-state index in [0.717, 1.165) is 10.0 Å². The van der Waals surface area contributed by atoms with Gasteiger partial charge in [-0.25, -0.2) is 8.78 Å². The molecule has 2 rings (SSSR count). The Bertz CT molecular complexity index is 570. The predicted octanol–water partition coefficient (Wildman–Crippen LogP) is 3.50. The van der Waals surface area contributed by atoms with Crippen LogP contribution in [0.15, 0.2) is 41.1 Å². The minimum atomic E-state index is -0.502. The van der Waals surface area contributed by atoms with E-state index in [-0.39, 0.29) is 11.6 Å². The van der Waals surface area contributed by atoms with Crippen molar-refractivity contribution in [2.75, 3.05) is 7.05 Å². The molecular weight excluding hydrogens is 326 g/mol. The van der Waals surface area contributed by atoms with E-state index >= 15 is 0 Å². The van der Waals surface area contributed by atoms with E-state index < -0.39 is 11.6 Å². The maximum Gasteiger partial charge on any atom is 0.129 e. The molecule has 0 bridgehead atoms. The largest absolute Gasteiger partial charge is 0.316 e. The van der Waals surface area contributed by atoms with E-state index in [1.807, 2.05) is 6.07 Å². The summed E-state index contributed by atoms with van der Waals surface area (Å²) in [7, 11) is 1.79. The maximum atomic E-state index is 13.7. The molecule has 1 heterocycles. The fourth-order valence-electron chi connectivity index (χ4n) is 2.10. The van der Waals surface area contributed by atoms with Crippen molar-refractivity contribution in [1.29, 1.82) is 0 Å². The van der Waals surface area contributed by atoms with E-state index in [2.05, 4.69) is 26.2 Å². The van der Waals surface area contributed by atoms with Crippen LogP contribution in [0.25, 0.3) is 0 Å². The van der Waals surface area contributed by atoms with Crippen molar-refractivity contribution in [3.05, 3.63) is 63.9 Å². The smallest absolute Gasteiger partial charge is 0.129 e. The molecule has 0 spiro atoms. The van der Waals surface area contributed by atoms with E-state index in [1.54, 1.807) is 19.4 Å². The molecule has 0 aliphatic rings. The first-order valence-electron chi connectivity index (χ1n) is 6.29. The van der Waals surface area contributed by atoms with Gasteiger partial charge in [0.2, 0.25) is 0 Å². The summed E-state index contributed by atoms with van der Waals surface area (Å²) in [4.78, 5) is 4.09. The van der Waals surface area contributed by atoms with E-state index in [4.69, 9.17) is 0 Å². The van der Waals surface area contributed by atoms with Gasteiger partial charge in [-0.05, 0) is 59.6 Å². The average Bonchev–Trinajstić information content (AvgIpc) is 2.42. The first kappa shape index (κ1) is 15.1. The molecule has 2 aromatic rings. The van der Waals surface area contributed by atoms with Crippen LogP contribution in [0.4, 0.5) is 8.78 Å². The molecule has 0 aliphatic carbocycles. The van der Waals surface area contributed by atoms with Crippen LogP contribution in [-0.2, 0) is 12.8 Å². The fraction of sp³-hybridized carbons (Fsp3) is 0.267. The van der Waals surface area contributed by atoms with Crippen LogP contribution in [-0.4, -0.2) is 18.1 Å². The highest BCUT2D eigenvalue weighted by atomic mass is 79.9. The highest BCUT2D eigenvalue weighted by molar-refractivity contribution is 9.10. The van der Waals surface area contributed by atoms with Gasteiger partial charge in [0.1, 0.15) is 11.6 Å². The number of hydrogen-bond acceptors (Lipinski definition) is 2. The third-order valence-corrected chi connectivity index (χ3v) is 3.60. The van der Waals surface area contributed by atoms with Gasteiger partial charge < -0.3 is 5.32 Å². The molecule has 0 fully saturated rings. The number of pyridine rings is 1. The van der Waals surface area contributed by atoms with Gasteiger partial charge in [0.25, 0.3) is 0 Å². The number of hydrogen-bond donors (Lipinski definition) is 1. The first-order chi connectivity index (χ1) is 9.60. The molecule has 5 heteroatoms. The monoisotopic (exact) mass is 340 g/mol. The standard InChI is InChI=1S/C15H15BrF2N2/c1-19-12(6-10-5-11(16)9-20-8-10)7-13-14(17)3-2-4-15(13)18/h2-5,8-9,12,19H,6-7H2,1H3. The molecule has 0 aliphatic heterocycles. The molecule has 1 unspecified atom stereocenters. The van der Waals surface area contributed by atoms with Crippen molar-refractivity contribution >= 4 is 15.9 Å². The SMILES string of the molecule is CNC(Cc1cncc(Br)c1)Cc1c(F)cccc1F. The second kappa shape index (κ2) is 6.90. The minimum absolute atomic E-state index is 0.0579. The van der Waals surface area contributed by atoms with Crippen LogP contribution in [0.1, 0.15) is 11.1 Å². The topological polar surface area (TPSA) is 24.9 Å². The molecule has 0 saturated heterocycles. The second-order valence-corrected chi connectivity index (χ2v) is 5.52. The Hall–Kier alpha value is -1.33. The van der Waals surface area contributed by atoms with Crippen molar-refractivity contribution in [3.63, 3.8) is 0 Å². The number of rotatable bonds is 5. The fourth-order valence-corrected chi connectivity index (χ4v) is 2.51. The van der Waals surface area contributed by atoms with Crippen molar-refractivity contribution in [2.45, 2.75) is 18.9 Å². The highest BCUT2D eigenvalue weighted by Crippen LogP contribution is 2.17. The lowest BCUT2D eigenvalue weighted by molar-refractivity contribution is 0.501. The lowest BCUT2D eigenvalue weighted by atomic mass is 9.99. The molecule has 1 aromatic heterocycles. The van der Waals surface area contributed by atoms with Crippen LogP contribution >= 0.6 is 15.9 Å². The number of benzene rings is 1. The molecule has 1 N–H and O–H groups in total. The third kappa shape index (κ3) is 3.84. The van der Waals surface area contributed by atoms with Gasteiger partial charge in [-0.2, -0.15) is 0 Å². The molecule has 0 saturated carbocycles. The minimum Gasteiger partial charge on any atom is -0.316 e. The molecule has 2 nitrogen and oxygen atoms in total. The summed E-state index contributed by atoms with van der Waals surface area (Å²) in [6, 6.07) is 5.84. The molecule has 1 atom stereocenters. The summed E-state index contributed by atoms with van der Waals surface area (Å²) in [5.74, 6) is -1.00. The van der Waals surface area contributed by atoms with Crippen LogP contribution in [0.3, 0.4) is 0 Å². The Morgan fingerprint density at radius 1 is 1.20 bits per heavy atom. The van der Waals surface area contributed by atoms with Crippen molar-refractivity contribution in [1.82, 2.24) is 10.3 Å². The van der Waals surface area contributed by atoms with E-state index in [0.29, 0.717) is 12.8 Å². The number of nitrogens with one attached hydrogen (secondary N) is 1. The van der Waals surface area contributed by atoms with Crippen molar-refractivity contribution in [3.8, 4) is 0 Å². The lowest BCUT2D eigenvalue weighted by Crippen LogP contribution is -2.30. The molecule has 0 radical (unpaired) electrons. The number of halogens is 3. The first-order valence-corrected chi connectivity index (χ1v) is 7.09. The average molecular weight is 341 g/mol. The normalized spacial score (nSPS) is 12.4. The number of likely N-dealkylation sites (N-methyl/N-ethyl adjacent to an activating group) is 1. The van der Waals surface area contributed by atoms with Gasteiger partial charge in [-0.3, -0.25) is 4.98 Å². The van der Waals surface area contributed by atoms with Gasteiger partial charge in [-0.1, -0.05) is 6.07 Å². The van der Waals surface area contributed by atoms with Crippen LogP contribution in [0.5, 0.6) is 0 Å². The zero-order valence-electron chi connectivity index (χ0n) is 11.0. The second-order valence-electron chi connectivity index (χ2n) is 4.61. The summed E-state index contributed by atoms with van der Waals surface area (Å²) in [5, 5.41) is 3.10. The Morgan fingerprint density at radius 3 is 2.50 bits per heavy atom. The Kier molecular flexibility index (Phi) is 5.20. The Morgan fingerprint density at radius 2 is 1.90 bits per heavy atom. The summed E-state index contributed by atoms with van der Waals surface area (Å²) < 4.78 is 28.2. The van der Waals surface area contributed by atoms with Gasteiger partial charge in [-0.15, -0.1) is 0 Å². The molecule has 1 aromatic carbocycles. The summed E-state index contributed by atoms with van der Waals surface area (Å²) in [5.41, 5.74) is 1.13. The van der Waals surface area contributed by atoms with Crippen LogP contribution < -0.4 is 5.32 Å². The van der Waals surface area contributed by atoms with Crippen LogP contribution in [0, 0.1) is 11.6 Å². The predicted molar refractivity (Wildman–Crippen MR) is 78.6 cm³/mol. The molecular formula is C15H15BrF2N2. The quantitative estimate of drug-likeness (QED) is 0.901. The summed E-state index contributed by atoms with van der Waals surface area (Å²) in [6.45, 7) is 0.